The summed E-state index contributed by atoms with van der Waals surface area (Å²) in [5.74, 6) is -0.713. The Morgan fingerprint density at radius 3 is 2.39 bits per heavy atom. The molecule has 1 heterocycles. The van der Waals surface area contributed by atoms with Crippen molar-refractivity contribution in [2.75, 3.05) is 20.2 Å². The Morgan fingerprint density at radius 2 is 1.91 bits per heavy atom. The number of methoxy groups -OCH3 is 1. The van der Waals surface area contributed by atoms with Gasteiger partial charge in [-0.1, -0.05) is 20.8 Å². The van der Waals surface area contributed by atoms with Gasteiger partial charge in [-0.15, -0.1) is 12.4 Å². The van der Waals surface area contributed by atoms with E-state index < -0.39 is 34.1 Å². The number of likely N-dealkylation sites (tertiary alicyclic amines) is 1. The summed E-state index contributed by atoms with van der Waals surface area (Å²) in [6.45, 7) is 5.69. The smallest absolute Gasteiger partial charge is 0.262 e. The molecule has 33 heavy (non-hydrogen) atoms. The number of carbonyl (C=O) groups excluding carboxylic acids is 2. The molecular weight excluding hydrogens is 472 g/mol. The lowest BCUT2D eigenvalue weighted by molar-refractivity contribution is -0.138. The fraction of sp³-hybridized carbons (Fsp3) is 0.619. The molecule has 1 fully saturated rings. The minimum Gasteiger partial charge on any atom is -0.497 e. The minimum atomic E-state index is -4.17. The molecule has 10 nitrogen and oxygen atoms in total. The largest absolute Gasteiger partial charge is 0.497 e. The van der Waals surface area contributed by atoms with Crippen molar-refractivity contribution < 1.29 is 28.0 Å². The number of nitrogens with zero attached hydrogens (tertiary/aromatic N) is 2. The second-order valence-corrected chi connectivity index (χ2v) is 10.4. The first-order valence-electron chi connectivity index (χ1n) is 10.7. The van der Waals surface area contributed by atoms with Gasteiger partial charge in [0.25, 0.3) is 5.91 Å². The van der Waals surface area contributed by atoms with Crippen LogP contribution in [0.25, 0.3) is 0 Å². The Kier molecular flexibility index (Phi) is 11.0. The predicted octanol–water partition coefficient (Wildman–Crippen LogP) is 1.57. The lowest BCUT2D eigenvalue weighted by Crippen LogP contribution is -2.54. The summed E-state index contributed by atoms with van der Waals surface area (Å²) in [5, 5.41) is 9.22. The van der Waals surface area contributed by atoms with Gasteiger partial charge in [-0.05, 0) is 48.9 Å². The molecule has 3 atom stereocenters. The van der Waals surface area contributed by atoms with Gasteiger partial charge in [-0.25, -0.2) is 13.9 Å². The van der Waals surface area contributed by atoms with E-state index in [0.29, 0.717) is 24.6 Å². The van der Waals surface area contributed by atoms with Gasteiger partial charge in [0.15, 0.2) is 0 Å². The molecule has 1 aliphatic heterocycles. The number of halogens is 1. The number of sulfonamides is 1. The molecule has 0 aromatic heterocycles. The van der Waals surface area contributed by atoms with Gasteiger partial charge in [0.2, 0.25) is 15.9 Å². The van der Waals surface area contributed by atoms with Crippen LogP contribution in [0.4, 0.5) is 0 Å². The molecule has 0 bridgehead atoms. The topological polar surface area (TPSA) is 142 Å². The third-order valence-corrected chi connectivity index (χ3v) is 7.66. The van der Waals surface area contributed by atoms with Crippen molar-refractivity contribution in [1.82, 2.24) is 14.7 Å². The zero-order valence-electron chi connectivity index (χ0n) is 19.4. The highest BCUT2D eigenvalue weighted by atomic mass is 35.5. The van der Waals surface area contributed by atoms with Crippen LogP contribution in [0.1, 0.15) is 40.0 Å². The van der Waals surface area contributed by atoms with Gasteiger partial charge in [-0.3, -0.25) is 14.8 Å². The first kappa shape index (κ1) is 29.1. The van der Waals surface area contributed by atoms with Crippen molar-refractivity contribution in [1.29, 1.82) is 0 Å². The zero-order valence-corrected chi connectivity index (χ0v) is 21.1. The van der Waals surface area contributed by atoms with Gasteiger partial charge >= 0.3 is 0 Å². The van der Waals surface area contributed by atoms with E-state index in [1.807, 2.05) is 0 Å². The maximum Gasteiger partial charge on any atom is 0.262 e. The van der Waals surface area contributed by atoms with E-state index in [0.717, 1.165) is 10.7 Å². The first-order chi connectivity index (χ1) is 15.0. The average molecular weight is 507 g/mol. The normalized spacial score (nSPS) is 19.7. The Morgan fingerprint density at radius 1 is 1.30 bits per heavy atom. The van der Waals surface area contributed by atoms with E-state index in [-0.39, 0.29) is 36.2 Å². The SMILES string of the molecule is COc1ccc(S(=O)(=O)N(CCC(=O)N2CCC(C)CC2N)C(C(=O)NO)C(C)C)cc1.Cl. The minimum absolute atomic E-state index is 0. The summed E-state index contributed by atoms with van der Waals surface area (Å²) >= 11 is 0. The Balaban J connectivity index is 0.00000544. The van der Waals surface area contributed by atoms with Crippen LogP contribution in [-0.2, 0) is 19.6 Å². The number of hydrogen-bond acceptors (Lipinski definition) is 7. The number of amides is 2. The summed E-state index contributed by atoms with van der Waals surface area (Å²) in [6.07, 6.45) is 0.953. The molecule has 1 saturated heterocycles. The van der Waals surface area contributed by atoms with Crippen LogP contribution in [-0.4, -0.2) is 67.1 Å². The van der Waals surface area contributed by atoms with E-state index in [1.165, 1.54) is 31.4 Å². The maximum atomic E-state index is 13.5. The highest BCUT2D eigenvalue weighted by Crippen LogP contribution is 2.26. The second kappa shape index (κ2) is 12.5. The molecule has 0 radical (unpaired) electrons. The third kappa shape index (κ3) is 7.03. The molecule has 4 N–H and O–H groups in total. The molecule has 1 aromatic carbocycles. The number of rotatable bonds is 9. The number of benzene rings is 1. The number of ether oxygens (including phenoxy) is 1. The number of nitrogens with two attached hydrogens (primary N) is 1. The van der Waals surface area contributed by atoms with Crippen molar-refractivity contribution >= 4 is 34.2 Å². The van der Waals surface area contributed by atoms with E-state index in [9.17, 15) is 23.2 Å². The van der Waals surface area contributed by atoms with Crippen LogP contribution in [0.2, 0.25) is 0 Å². The molecule has 0 spiro atoms. The molecule has 2 amide bonds. The van der Waals surface area contributed by atoms with Crippen LogP contribution < -0.4 is 16.0 Å². The molecule has 0 saturated carbocycles. The molecule has 1 aromatic rings. The summed E-state index contributed by atoms with van der Waals surface area (Å²) in [6, 6.07) is 4.54. The summed E-state index contributed by atoms with van der Waals surface area (Å²) in [4.78, 5) is 26.8. The number of hydroxylamine groups is 1. The van der Waals surface area contributed by atoms with Crippen LogP contribution in [0, 0.1) is 11.8 Å². The quantitative estimate of drug-likeness (QED) is 0.341. The fourth-order valence-electron chi connectivity index (χ4n) is 3.97. The van der Waals surface area contributed by atoms with Crippen molar-refractivity contribution in [3.8, 4) is 5.75 Å². The van der Waals surface area contributed by atoms with E-state index in [2.05, 4.69) is 6.92 Å². The number of nitrogens with one attached hydrogen (secondary N) is 1. The van der Waals surface area contributed by atoms with E-state index in [1.54, 1.807) is 24.2 Å². The lowest BCUT2D eigenvalue weighted by Gasteiger charge is -2.37. The highest BCUT2D eigenvalue weighted by molar-refractivity contribution is 7.89. The second-order valence-electron chi connectivity index (χ2n) is 8.49. The standard InChI is InChI=1S/C21H34N4O6S.ClH/c1-14(2)20(21(27)23-28)25(32(29,30)17-7-5-16(31-4)6-8-17)12-10-19(26)24-11-9-15(3)13-18(24)22;/h5-8,14-15,18,20,28H,9-13,22H2,1-4H3,(H,23,27);1H. The molecule has 1 aliphatic rings. The Labute approximate surface area is 201 Å². The predicted molar refractivity (Wildman–Crippen MR) is 125 cm³/mol. The fourth-order valence-corrected chi connectivity index (χ4v) is 5.69. The first-order valence-corrected chi connectivity index (χ1v) is 12.1. The molecule has 188 valence electrons. The molecular formula is C21H35ClN4O6S. The summed E-state index contributed by atoms with van der Waals surface area (Å²) < 4.78 is 33.0. The van der Waals surface area contributed by atoms with Gasteiger partial charge in [0.05, 0.1) is 18.2 Å². The van der Waals surface area contributed by atoms with Crippen LogP contribution in [0.3, 0.4) is 0 Å². The van der Waals surface area contributed by atoms with E-state index in [4.69, 9.17) is 10.5 Å². The van der Waals surface area contributed by atoms with Gasteiger partial charge in [-0.2, -0.15) is 4.31 Å². The average Bonchev–Trinajstić information content (AvgIpc) is 2.75. The van der Waals surface area contributed by atoms with Gasteiger partial charge < -0.3 is 15.4 Å². The van der Waals surface area contributed by atoms with Crippen molar-refractivity contribution in [2.45, 2.75) is 57.1 Å². The number of piperidine rings is 1. The Hall–Kier alpha value is -1.92. The maximum absolute atomic E-state index is 13.5. The monoisotopic (exact) mass is 506 g/mol. The third-order valence-electron chi connectivity index (χ3n) is 5.76. The van der Waals surface area contributed by atoms with Crippen molar-refractivity contribution in [2.24, 2.45) is 17.6 Å². The Bertz CT molecular complexity index is 897. The summed E-state index contributed by atoms with van der Waals surface area (Å²) in [5.41, 5.74) is 7.67. The van der Waals surface area contributed by atoms with Crippen molar-refractivity contribution in [3.05, 3.63) is 24.3 Å². The van der Waals surface area contributed by atoms with Crippen LogP contribution in [0.5, 0.6) is 5.75 Å². The summed E-state index contributed by atoms with van der Waals surface area (Å²) in [7, 11) is -2.70. The molecule has 3 unspecified atom stereocenters. The molecule has 2 rings (SSSR count). The lowest BCUT2D eigenvalue weighted by atomic mass is 9.96. The number of hydrogen-bond donors (Lipinski definition) is 3. The highest BCUT2D eigenvalue weighted by Gasteiger charge is 2.38. The van der Waals surface area contributed by atoms with Crippen LogP contribution >= 0.6 is 12.4 Å². The van der Waals surface area contributed by atoms with Crippen molar-refractivity contribution in [3.63, 3.8) is 0 Å². The molecule has 0 aliphatic carbocycles. The van der Waals surface area contributed by atoms with Gasteiger partial charge in [0, 0.05) is 19.5 Å². The zero-order chi connectivity index (χ0) is 24.1. The number of carbonyl (C=O) groups is 2. The molecule has 12 heteroatoms. The van der Waals surface area contributed by atoms with Gasteiger partial charge in [0.1, 0.15) is 11.8 Å². The van der Waals surface area contributed by atoms with Crippen LogP contribution in [0.15, 0.2) is 29.2 Å². The van der Waals surface area contributed by atoms with E-state index >= 15 is 0 Å².